The molecule has 19 heavy (non-hydrogen) atoms. The van der Waals surface area contributed by atoms with Crippen LogP contribution in [0.1, 0.15) is 11.1 Å². The molecule has 0 aliphatic heterocycles. The number of rotatable bonds is 4. The number of nitrogens with zero attached hydrogens (tertiary/aromatic N) is 2. The van der Waals surface area contributed by atoms with E-state index in [-0.39, 0.29) is 0 Å². The summed E-state index contributed by atoms with van der Waals surface area (Å²) in [5, 5.41) is 0. The van der Waals surface area contributed by atoms with E-state index in [1.54, 1.807) is 12.1 Å². The number of hydrogen-bond donors (Lipinski definition) is 0. The highest BCUT2D eigenvalue weighted by molar-refractivity contribution is 5.52. The normalized spacial score (nSPS) is 9.26. The second-order valence-electron chi connectivity index (χ2n) is 3.92. The Morgan fingerprint density at radius 3 is 1.68 bits per heavy atom. The first-order valence-electron chi connectivity index (χ1n) is 5.65. The average Bonchev–Trinajstić information content (AvgIpc) is 2.40. The van der Waals surface area contributed by atoms with E-state index >= 15 is 0 Å². The average molecular weight is 250 g/mol. The third-order valence-corrected chi connectivity index (χ3v) is 2.58. The monoisotopic (exact) mass is 250 g/mol. The standard InChI is InChI=1S/C15H10N2O2/c18-10-16-14-5-1-3-12(8-14)7-13-4-2-6-15(9-13)17-11-19/h1-6,8-9H,7H2. The van der Waals surface area contributed by atoms with Crippen LogP contribution >= 0.6 is 0 Å². The van der Waals surface area contributed by atoms with Crippen LogP contribution in [-0.4, -0.2) is 12.2 Å². The summed E-state index contributed by atoms with van der Waals surface area (Å²) in [6.45, 7) is 0. The van der Waals surface area contributed by atoms with Crippen molar-refractivity contribution in [3.63, 3.8) is 0 Å². The molecule has 0 aliphatic rings. The zero-order valence-electron chi connectivity index (χ0n) is 10.0. The fraction of sp³-hybridized carbons (Fsp3) is 0.0667. The Morgan fingerprint density at radius 1 is 0.789 bits per heavy atom. The van der Waals surface area contributed by atoms with Gasteiger partial charge in [-0.25, -0.2) is 9.59 Å². The lowest BCUT2D eigenvalue weighted by molar-refractivity contribution is 0.564. The summed E-state index contributed by atoms with van der Waals surface area (Å²) >= 11 is 0. The highest BCUT2D eigenvalue weighted by Crippen LogP contribution is 2.19. The summed E-state index contributed by atoms with van der Waals surface area (Å²) in [6.07, 6.45) is 3.71. The van der Waals surface area contributed by atoms with Crippen LogP contribution in [0.15, 0.2) is 58.5 Å². The van der Waals surface area contributed by atoms with Crippen LogP contribution < -0.4 is 0 Å². The van der Waals surface area contributed by atoms with Gasteiger partial charge in [-0.3, -0.25) is 0 Å². The second-order valence-corrected chi connectivity index (χ2v) is 3.92. The summed E-state index contributed by atoms with van der Waals surface area (Å²) < 4.78 is 0. The van der Waals surface area contributed by atoms with Crippen molar-refractivity contribution in [2.24, 2.45) is 9.98 Å². The Hall–Kier alpha value is -2.80. The molecule has 0 atom stereocenters. The Labute approximate surface area is 110 Å². The van der Waals surface area contributed by atoms with Gasteiger partial charge < -0.3 is 0 Å². The van der Waals surface area contributed by atoms with Gasteiger partial charge in [-0.05, 0) is 41.8 Å². The van der Waals surface area contributed by atoms with Crippen molar-refractivity contribution in [3.8, 4) is 0 Å². The van der Waals surface area contributed by atoms with E-state index in [1.165, 1.54) is 12.2 Å². The van der Waals surface area contributed by atoms with Crippen LogP contribution in [0.25, 0.3) is 0 Å². The lowest BCUT2D eigenvalue weighted by Gasteiger charge is -2.03. The maximum atomic E-state index is 10.2. The molecule has 2 rings (SSSR count). The van der Waals surface area contributed by atoms with Gasteiger partial charge in [0.2, 0.25) is 12.2 Å². The zero-order chi connectivity index (χ0) is 13.5. The van der Waals surface area contributed by atoms with Crippen LogP contribution in [0.2, 0.25) is 0 Å². The molecule has 4 nitrogen and oxygen atoms in total. The van der Waals surface area contributed by atoms with E-state index in [4.69, 9.17) is 0 Å². The van der Waals surface area contributed by atoms with Crippen LogP contribution in [0.3, 0.4) is 0 Å². The molecule has 4 heteroatoms. The molecule has 0 bridgehead atoms. The molecule has 0 aliphatic carbocycles. The Balaban J connectivity index is 2.25. The van der Waals surface area contributed by atoms with Crippen molar-refractivity contribution in [2.45, 2.75) is 6.42 Å². The summed E-state index contributed by atoms with van der Waals surface area (Å²) in [5.41, 5.74) is 3.19. The lowest BCUT2D eigenvalue weighted by Crippen LogP contribution is -1.87. The Morgan fingerprint density at radius 2 is 1.26 bits per heavy atom. The van der Waals surface area contributed by atoms with Gasteiger partial charge in [-0.1, -0.05) is 24.3 Å². The van der Waals surface area contributed by atoms with Crippen molar-refractivity contribution in [1.29, 1.82) is 0 Å². The van der Waals surface area contributed by atoms with Crippen molar-refractivity contribution in [3.05, 3.63) is 59.7 Å². The van der Waals surface area contributed by atoms with E-state index in [2.05, 4.69) is 9.98 Å². The smallest absolute Gasteiger partial charge is 0.211 e. The molecule has 0 radical (unpaired) electrons. The van der Waals surface area contributed by atoms with Gasteiger partial charge in [-0.2, -0.15) is 9.98 Å². The van der Waals surface area contributed by atoms with Crippen molar-refractivity contribution < 1.29 is 9.59 Å². The molecule has 92 valence electrons. The fourth-order valence-corrected chi connectivity index (χ4v) is 1.81. The van der Waals surface area contributed by atoms with Gasteiger partial charge >= 0.3 is 0 Å². The molecule has 0 N–H and O–H groups in total. The molecule has 0 saturated heterocycles. The topological polar surface area (TPSA) is 58.9 Å². The molecular weight excluding hydrogens is 240 g/mol. The minimum absolute atomic E-state index is 0.578. The SMILES string of the molecule is O=C=Nc1cccc(Cc2cccc(N=C=O)c2)c1. The highest BCUT2D eigenvalue weighted by Gasteiger charge is 1.99. The molecule has 0 fully saturated rings. The Kier molecular flexibility index (Phi) is 4.14. The molecule has 0 spiro atoms. The third kappa shape index (κ3) is 3.58. The largest absolute Gasteiger partial charge is 0.240 e. The minimum Gasteiger partial charge on any atom is -0.211 e. The summed E-state index contributed by atoms with van der Waals surface area (Å²) in [5.74, 6) is 0. The maximum absolute atomic E-state index is 10.2. The van der Waals surface area contributed by atoms with E-state index in [9.17, 15) is 9.59 Å². The van der Waals surface area contributed by atoms with Crippen LogP contribution in [-0.2, 0) is 16.0 Å². The number of aliphatic imine (C=N–C) groups is 2. The van der Waals surface area contributed by atoms with Crippen LogP contribution in [0.5, 0.6) is 0 Å². The zero-order valence-corrected chi connectivity index (χ0v) is 10.0. The van der Waals surface area contributed by atoms with E-state index in [0.717, 1.165) is 11.1 Å². The molecule has 0 heterocycles. The van der Waals surface area contributed by atoms with E-state index in [1.807, 2.05) is 36.4 Å². The molecule has 2 aromatic rings. The first-order valence-corrected chi connectivity index (χ1v) is 5.65. The number of isocyanates is 2. The maximum Gasteiger partial charge on any atom is 0.240 e. The number of benzene rings is 2. The highest BCUT2D eigenvalue weighted by atomic mass is 16.1. The number of hydrogen-bond acceptors (Lipinski definition) is 4. The quantitative estimate of drug-likeness (QED) is 0.618. The molecule has 0 unspecified atom stereocenters. The van der Waals surface area contributed by atoms with E-state index < -0.39 is 0 Å². The summed E-state index contributed by atoms with van der Waals surface area (Å²) in [6, 6.07) is 14.7. The molecule has 0 amide bonds. The van der Waals surface area contributed by atoms with Crippen molar-refractivity contribution >= 4 is 23.5 Å². The summed E-state index contributed by atoms with van der Waals surface area (Å²) in [4.78, 5) is 27.6. The van der Waals surface area contributed by atoms with Crippen molar-refractivity contribution in [1.82, 2.24) is 0 Å². The van der Waals surface area contributed by atoms with Crippen molar-refractivity contribution in [2.75, 3.05) is 0 Å². The van der Waals surface area contributed by atoms with Gasteiger partial charge in [0.1, 0.15) is 0 Å². The predicted octanol–water partition coefficient (Wildman–Crippen LogP) is 3.21. The van der Waals surface area contributed by atoms with Crippen LogP contribution in [0.4, 0.5) is 11.4 Å². The molecule has 2 aromatic carbocycles. The molecule has 0 saturated carbocycles. The van der Waals surface area contributed by atoms with Gasteiger partial charge in [0, 0.05) is 0 Å². The first-order chi connectivity index (χ1) is 9.31. The van der Waals surface area contributed by atoms with Crippen LogP contribution in [0, 0.1) is 0 Å². The number of carbonyl (C=O) groups excluding carboxylic acids is 2. The van der Waals surface area contributed by atoms with Gasteiger partial charge in [-0.15, -0.1) is 0 Å². The lowest BCUT2D eigenvalue weighted by atomic mass is 10.0. The third-order valence-electron chi connectivity index (χ3n) is 2.58. The second kappa shape index (κ2) is 6.22. The molecular formula is C15H10N2O2. The predicted molar refractivity (Wildman–Crippen MR) is 71.3 cm³/mol. The fourth-order valence-electron chi connectivity index (χ4n) is 1.81. The van der Waals surface area contributed by atoms with Gasteiger partial charge in [0.15, 0.2) is 0 Å². The van der Waals surface area contributed by atoms with Gasteiger partial charge in [0.05, 0.1) is 11.4 Å². The minimum atomic E-state index is 0.578. The summed E-state index contributed by atoms with van der Waals surface area (Å²) in [7, 11) is 0. The van der Waals surface area contributed by atoms with E-state index in [0.29, 0.717) is 17.8 Å². The molecule has 0 aromatic heterocycles. The van der Waals surface area contributed by atoms with Gasteiger partial charge in [0.25, 0.3) is 0 Å². The Bertz CT molecular complexity index is 623. The first kappa shape index (κ1) is 12.7.